The third kappa shape index (κ3) is 2.94. The van der Waals surface area contributed by atoms with Crippen LogP contribution in [-0.2, 0) is 0 Å². The van der Waals surface area contributed by atoms with Crippen LogP contribution in [0.15, 0.2) is 48.7 Å². The van der Waals surface area contributed by atoms with Crippen LogP contribution in [0.5, 0.6) is 0 Å². The monoisotopic (exact) mass is 326 g/mol. The van der Waals surface area contributed by atoms with Gasteiger partial charge in [-0.1, -0.05) is 12.1 Å². The quantitative estimate of drug-likeness (QED) is 0.686. The van der Waals surface area contributed by atoms with Crippen molar-refractivity contribution in [2.45, 2.75) is 25.3 Å². The van der Waals surface area contributed by atoms with E-state index in [4.69, 9.17) is 0 Å². The molecule has 0 bridgehead atoms. The zero-order valence-corrected chi connectivity index (χ0v) is 13.5. The van der Waals surface area contributed by atoms with Crippen molar-refractivity contribution in [3.05, 3.63) is 71.4 Å². The zero-order chi connectivity index (χ0) is 16.7. The summed E-state index contributed by atoms with van der Waals surface area (Å²) >= 11 is 0. The van der Waals surface area contributed by atoms with Crippen LogP contribution in [0.1, 0.15) is 36.4 Å². The van der Waals surface area contributed by atoms with Crippen molar-refractivity contribution >= 4 is 10.9 Å². The number of hydrogen-bond acceptors (Lipinski definition) is 1. The van der Waals surface area contributed by atoms with Crippen LogP contribution in [0.4, 0.5) is 8.78 Å². The summed E-state index contributed by atoms with van der Waals surface area (Å²) in [5, 5.41) is 4.52. The van der Waals surface area contributed by atoms with Crippen molar-refractivity contribution < 1.29 is 8.78 Å². The van der Waals surface area contributed by atoms with E-state index < -0.39 is 0 Å². The molecule has 2 nitrogen and oxygen atoms in total. The number of aromatic amines is 1. The van der Waals surface area contributed by atoms with Crippen molar-refractivity contribution in [3.8, 4) is 0 Å². The van der Waals surface area contributed by atoms with Crippen LogP contribution in [0.3, 0.4) is 0 Å². The van der Waals surface area contributed by atoms with Crippen molar-refractivity contribution in [1.29, 1.82) is 0 Å². The summed E-state index contributed by atoms with van der Waals surface area (Å²) in [6.07, 6.45) is 3.13. The zero-order valence-electron chi connectivity index (χ0n) is 13.5. The first-order chi connectivity index (χ1) is 11.6. The molecule has 0 aliphatic heterocycles. The Hall–Kier alpha value is -2.20. The Morgan fingerprint density at radius 2 is 1.88 bits per heavy atom. The molecule has 4 rings (SSSR count). The third-order valence-corrected chi connectivity index (χ3v) is 5.05. The number of H-pyrrole nitrogens is 1. The summed E-state index contributed by atoms with van der Waals surface area (Å²) in [5.41, 5.74) is 3.29. The Labute approximate surface area is 139 Å². The molecule has 0 saturated heterocycles. The molecule has 3 unspecified atom stereocenters. The van der Waals surface area contributed by atoms with Crippen LogP contribution in [-0.4, -0.2) is 11.5 Å². The molecule has 2 aromatic carbocycles. The molecule has 0 amide bonds. The van der Waals surface area contributed by atoms with E-state index in [1.54, 1.807) is 12.1 Å². The largest absolute Gasteiger partial charge is 0.361 e. The normalized spacial score (nSPS) is 21.1. The van der Waals surface area contributed by atoms with Gasteiger partial charge in [-0.05, 0) is 73.2 Å². The Morgan fingerprint density at radius 1 is 1.12 bits per heavy atom. The number of nitrogens with one attached hydrogen (secondary N) is 2. The minimum atomic E-state index is -0.209. The molecule has 2 N–H and O–H groups in total. The molecule has 1 aliphatic carbocycles. The minimum absolute atomic E-state index is 0.187. The van der Waals surface area contributed by atoms with E-state index in [9.17, 15) is 8.78 Å². The second-order valence-electron chi connectivity index (χ2n) is 6.72. The van der Waals surface area contributed by atoms with Gasteiger partial charge in [-0.15, -0.1) is 0 Å². The summed E-state index contributed by atoms with van der Waals surface area (Å²) in [4.78, 5) is 3.23. The van der Waals surface area contributed by atoms with Gasteiger partial charge in [0.15, 0.2) is 0 Å². The molecule has 124 valence electrons. The van der Waals surface area contributed by atoms with Crippen LogP contribution >= 0.6 is 0 Å². The average molecular weight is 326 g/mol. The standard InChI is InChI=1S/C20H20F2N2/c1-12(13-2-4-15(21)5-3-13)23-10-14-8-17(14)19-11-24-20-7-6-16(22)9-18(19)20/h2-7,9,11-12,14,17,23-24H,8,10H2,1H3. The molecule has 1 heterocycles. The first-order valence-corrected chi connectivity index (χ1v) is 8.37. The summed E-state index contributed by atoms with van der Waals surface area (Å²) < 4.78 is 26.5. The fourth-order valence-electron chi connectivity index (χ4n) is 3.47. The van der Waals surface area contributed by atoms with Gasteiger partial charge in [0.2, 0.25) is 0 Å². The predicted molar refractivity (Wildman–Crippen MR) is 91.9 cm³/mol. The van der Waals surface area contributed by atoms with Crippen LogP contribution < -0.4 is 5.32 Å². The maximum Gasteiger partial charge on any atom is 0.123 e. The minimum Gasteiger partial charge on any atom is -0.361 e. The van der Waals surface area contributed by atoms with Crippen LogP contribution in [0.25, 0.3) is 10.9 Å². The molecule has 0 spiro atoms. The number of rotatable bonds is 5. The predicted octanol–water partition coefficient (Wildman–Crippen LogP) is 4.90. The van der Waals surface area contributed by atoms with Gasteiger partial charge in [0.1, 0.15) is 11.6 Å². The first kappa shape index (κ1) is 15.3. The molecule has 24 heavy (non-hydrogen) atoms. The molecule has 1 aliphatic rings. The van der Waals surface area contributed by atoms with Crippen molar-refractivity contribution in [2.75, 3.05) is 6.54 Å². The summed E-state index contributed by atoms with van der Waals surface area (Å²) in [6, 6.07) is 11.7. The summed E-state index contributed by atoms with van der Waals surface area (Å²) in [6.45, 7) is 3.00. The van der Waals surface area contributed by atoms with E-state index in [0.717, 1.165) is 29.4 Å². The van der Waals surface area contributed by atoms with Crippen molar-refractivity contribution in [1.82, 2.24) is 10.3 Å². The van der Waals surface area contributed by atoms with E-state index >= 15 is 0 Å². The molecule has 4 heteroatoms. The van der Waals surface area contributed by atoms with Crippen LogP contribution in [0, 0.1) is 17.6 Å². The number of aromatic nitrogens is 1. The second-order valence-corrected chi connectivity index (χ2v) is 6.72. The lowest BCUT2D eigenvalue weighted by molar-refractivity contribution is 0.541. The van der Waals surface area contributed by atoms with Gasteiger partial charge in [0.25, 0.3) is 0 Å². The highest BCUT2D eigenvalue weighted by molar-refractivity contribution is 5.84. The SMILES string of the molecule is CC(NCC1CC1c1c[nH]c2ccc(F)cc12)c1ccc(F)cc1. The summed E-state index contributed by atoms with van der Waals surface area (Å²) in [5.74, 6) is 0.645. The lowest BCUT2D eigenvalue weighted by Crippen LogP contribution is -2.21. The highest BCUT2D eigenvalue weighted by atomic mass is 19.1. The molecule has 1 aromatic heterocycles. The highest BCUT2D eigenvalue weighted by Crippen LogP contribution is 2.49. The van der Waals surface area contributed by atoms with Crippen molar-refractivity contribution in [2.24, 2.45) is 5.92 Å². The van der Waals surface area contributed by atoms with E-state index in [0.29, 0.717) is 11.8 Å². The lowest BCUT2D eigenvalue weighted by atomic mass is 10.1. The van der Waals surface area contributed by atoms with Gasteiger partial charge in [-0.3, -0.25) is 0 Å². The lowest BCUT2D eigenvalue weighted by Gasteiger charge is -2.14. The Balaban J connectivity index is 1.39. The Morgan fingerprint density at radius 3 is 2.67 bits per heavy atom. The van der Waals surface area contributed by atoms with E-state index in [-0.39, 0.29) is 17.7 Å². The molecule has 0 radical (unpaired) electrons. The number of halogens is 2. The van der Waals surface area contributed by atoms with Crippen molar-refractivity contribution in [3.63, 3.8) is 0 Å². The fourth-order valence-corrected chi connectivity index (χ4v) is 3.47. The molecular formula is C20H20F2N2. The van der Waals surface area contributed by atoms with Gasteiger partial charge < -0.3 is 10.3 Å². The van der Waals surface area contributed by atoms with E-state index in [2.05, 4.69) is 17.2 Å². The van der Waals surface area contributed by atoms with Gasteiger partial charge >= 0.3 is 0 Å². The maximum absolute atomic E-state index is 13.5. The molecule has 3 aromatic rings. The van der Waals surface area contributed by atoms with Crippen LogP contribution in [0.2, 0.25) is 0 Å². The Kier molecular flexibility index (Phi) is 3.85. The Bertz CT molecular complexity index is 854. The van der Waals surface area contributed by atoms with E-state index in [1.807, 2.05) is 18.3 Å². The second kappa shape index (κ2) is 6.02. The van der Waals surface area contributed by atoms with Gasteiger partial charge in [0.05, 0.1) is 0 Å². The third-order valence-electron chi connectivity index (χ3n) is 5.05. The first-order valence-electron chi connectivity index (χ1n) is 8.37. The number of hydrogen-bond donors (Lipinski definition) is 2. The average Bonchev–Trinajstić information content (AvgIpc) is 3.23. The maximum atomic E-state index is 13.5. The fraction of sp³-hybridized carbons (Fsp3) is 0.300. The topological polar surface area (TPSA) is 27.8 Å². The smallest absolute Gasteiger partial charge is 0.123 e. The molecule has 1 saturated carbocycles. The molecular weight excluding hydrogens is 306 g/mol. The number of benzene rings is 2. The number of fused-ring (bicyclic) bond motifs is 1. The summed E-state index contributed by atoms with van der Waals surface area (Å²) in [7, 11) is 0. The molecule has 1 fully saturated rings. The van der Waals surface area contributed by atoms with E-state index in [1.165, 1.54) is 23.8 Å². The van der Waals surface area contributed by atoms with Gasteiger partial charge in [0, 0.05) is 23.1 Å². The van der Waals surface area contributed by atoms with Gasteiger partial charge in [-0.2, -0.15) is 0 Å². The molecule has 3 atom stereocenters. The van der Waals surface area contributed by atoms with Gasteiger partial charge in [-0.25, -0.2) is 8.78 Å². The highest BCUT2D eigenvalue weighted by Gasteiger charge is 2.39.